The zero-order valence-electron chi connectivity index (χ0n) is 16.6. The standard InChI is InChI=1S/C23H23FN4O/c1-3-11-25-21(29)14-28-23-18-12-15(4-2)5-10-20(18)26-13-19(23)22(27-28)16-6-8-17(24)9-7-16/h5-10,12-13H,3-4,11,14H2,1-2H3,(H,25,29). The van der Waals surface area contributed by atoms with Gasteiger partial charge in [-0.05, 0) is 54.8 Å². The molecule has 6 heteroatoms. The van der Waals surface area contributed by atoms with Crippen LogP contribution in [-0.2, 0) is 17.8 Å². The van der Waals surface area contributed by atoms with Crippen molar-refractivity contribution >= 4 is 27.7 Å². The lowest BCUT2D eigenvalue weighted by Crippen LogP contribution is -2.28. The Morgan fingerprint density at radius 2 is 1.90 bits per heavy atom. The van der Waals surface area contributed by atoms with E-state index in [2.05, 4.69) is 29.4 Å². The molecular formula is C23H23FN4O. The summed E-state index contributed by atoms with van der Waals surface area (Å²) in [5, 5.41) is 9.46. The summed E-state index contributed by atoms with van der Waals surface area (Å²) in [7, 11) is 0. The molecule has 2 aromatic carbocycles. The predicted molar refractivity (Wildman–Crippen MR) is 113 cm³/mol. The van der Waals surface area contributed by atoms with Crippen LogP contribution in [0.2, 0.25) is 0 Å². The van der Waals surface area contributed by atoms with E-state index >= 15 is 0 Å². The molecule has 2 aromatic heterocycles. The molecule has 0 bridgehead atoms. The SMILES string of the molecule is CCCNC(=O)Cn1nc(-c2ccc(F)cc2)c2cnc3ccc(CC)cc3c21. The molecule has 0 atom stereocenters. The molecule has 0 saturated heterocycles. The Hall–Kier alpha value is -3.28. The number of nitrogens with one attached hydrogen (secondary N) is 1. The summed E-state index contributed by atoms with van der Waals surface area (Å²) in [4.78, 5) is 17.0. The summed E-state index contributed by atoms with van der Waals surface area (Å²) < 4.78 is 15.2. The van der Waals surface area contributed by atoms with Gasteiger partial charge in [-0.2, -0.15) is 5.10 Å². The van der Waals surface area contributed by atoms with Crippen LogP contribution in [0.4, 0.5) is 4.39 Å². The highest BCUT2D eigenvalue weighted by atomic mass is 19.1. The fourth-order valence-corrected chi connectivity index (χ4v) is 3.51. The number of benzene rings is 2. The van der Waals surface area contributed by atoms with Gasteiger partial charge in [-0.25, -0.2) is 4.39 Å². The third kappa shape index (κ3) is 3.70. The van der Waals surface area contributed by atoms with Crippen molar-refractivity contribution in [3.8, 4) is 11.3 Å². The fraction of sp³-hybridized carbons (Fsp3) is 0.261. The van der Waals surface area contributed by atoms with Gasteiger partial charge in [0, 0.05) is 29.1 Å². The van der Waals surface area contributed by atoms with Crippen LogP contribution >= 0.6 is 0 Å². The van der Waals surface area contributed by atoms with Crippen LogP contribution in [0.15, 0.2) is 48.7 Å². The molecule has 4 rings (SSSR count). The molecule has 4 aromatic rings. The summed E-state index contributed by atoms with van der Waals surface area (Å²) in [6.45, 7) is 4.87. The van der Waals surface area contributed by atoms with Crippen molar-refractivity contribution in [2.45, 2.75) is 33.2 Å². The Bertz CT molecular complexity index is 1180. The third-order valence-electron chi connectivity index (χ3n) is 5.03. The molecule has 0 saturated carbocycles. The minimum absolute atomic E-state index is 0.0847. The Morgan fingerprint density at radius 1 is 1.10 bits per heavy atom. The second-order valence-corrected chi connectivity index (χ2v) is 7.09. The number of nitrogens with zero attached hydrogens (tertiary/aromatic N) is 3. The van der Waals surface area contributed by atoms with Crippen LogP contribution < -0.4 is 5.32 Å². The number of rotatable bonds is 6. The highest BCUT2D eigenvalue weighted by Gasteiger charge is 2.18. The van der Waals surface area contributed by atoms with E-state index in [0.717, 1.165) is 40.2 Å². The lowest BCUT2D eigenvalue weighted by atomic mass is 10.0. The molecule has 29 heavy (non-hydrogen) atoms. The van der Waals surface area contributed by atoms with E-state index in [4.69, 9.17) is 5.10 Å². The maximum atomic E-state index is 13.4. The highest BCUT2D eigenvalue weighted by Crippen LogP contribution is 2.32. The minimum Gasteiger partial charge on any atom is -0.355 e. The summed E-state index contributed by atoms with van der Waals surface area (Å²) in [5.41, 5.74) is 4.40. The average Bonchev–Trinajstić information content (AvgIpc) is 3.11. The first-order valence-electron chi connectivity index (χ1n) is 9.91. The molecular weight excluding hydrogens is 367 g/mol. The molecule has 0 fully saturated rings. The average molecular weight is 390 g/mol. The molecule has 5 nitrogen and oxygen atoms in total. The van der Waals surface area contributed by atoms with E-state index < -0.39 is 0 Å². The van der Waals surface area contributed by atoms with E-state index in [-0.39, 0.29) is 18.3 Å². The van der Waals surface area contributed by atoms with Crippen molar-refractivity contribution < 1.29 is 9.18 Å². The van der Waals surface area contributed by atoms with Crippen molar-refractivity contribution in [2.24, 2.45) is 0 Å². The summed E-state index contributed by atoms with van der Waals surface area (Å²) in [6, 6.07) is 12.4. The van der Waals surface area contributed by atoms with Crippen LogP contribution in [-0.4, -0.2) is 27.2 Å². The number of carbonyl (C=O) groups excluding carboxylic acids is 1. The van der Waals surface area contributed by atoms with E-state index in [9.17, 15) is 9.18 Å². The van der Waals surface area contributed by atoms with E-state index in [1.54, 1.807) is 23.0 Å². The maximum absolute atomic E-state index is 13.4. The van der Waals surface area contributed by atoms with Crippen LogP contribution in [0.25, 0.3) is 33.1 Å². The van der Waals surface area contributed by atoms with Crippen LogP contribution in [0, 0.1) is 5.82 Å². The second-order valence-electron chi connectivity index (χ2n) is 7.09. The van der Waals surface area contributed by atoms with Crippen molar-refractivity contribution in [3.63, 3.8) is 0 Å². The number of amides is 1. The molecule has 0 aliphatic carbocycles. The molecule has 0 aliphatic rings. The molecule has 1 amide bonds. The first-order valence-corrected chi connectivity index (χ1v) is 9.91. The largest absolute Gasteiger partial charge is 0.355 e. The smallest absolute Gasteiger partial charge is 0.241 e. The molecule has 0 radical (unpaired) electrons. The normalized spacial score (nSPS) is 11.3. The second kappa shape index (κ2) is 7.99. The van der Waals surface area contributed by atoms with Crippen molar-refractivity contribution in [3.05, 3.63) is 60.0 Å². The van der Waals surface area contributed by atoms with Gasteiger partial charge in [0.1, 0.15) is 18.1 Å². The number of carbonyl (C=O) groups is 1. The molecule has 0 unspecified atom stereocenters. The van der Waals surface area contributed by atoms with Gasteiger partial charge in [-0.3, -0.25) is 14.5 Å². The third-order valence-corrected chi connectivity index (χ3v) is 5.03. The minimum atomic E-state index is -0.299. The molecule has 0 spiro atoms. The number of halogens is 1. The number of pyridine rings is 1. The summed E-state index contributed by atoms with van der Waals surface area (Å²) in [5.74, 6) is -0.383. The number of aryl methyl sites for hydroxylation is 1. The van der Waals surface area contributed by atoms with Gasteiger partial charge in [0.25, 0.3) is 0 Å². The lowest BCUT2D eigenvalue weighted by molar-refractivity contribution is -0.121. The predicted octanol–water partition coefficient (Wildman–Crippen LogP) is 4.48. The quantitative estimate of drug-likeness (QED) is 0.528. The molecule has 148 valence electrons. The van der Waals surface area contributed by atoms with E-state index in [1.165, 1.54) is 17.7 Å². The van der Waals surface area contributed by atoms with Gasteiger partial charge in [0.05, 0.1) is 11.0 Å². The van der Waals surface area contributed by atoms with Gasteiger partial charge in [-0.15, -0.1) is 0 Å². The number of hydrogen-bond acceptors (Lipinski definition) is 3. The zero-order valence-corrected chi connectivity index (χ0v) is 16.6. The number of hydrogen-bond donors (Lipinski definition) is 1. The van der Waals surface area contributed by atoms with E-state index in [0.29, 0.717) is 12.2 Å². The van der Waals surface area contributed by atoms with Crippen LogP contribution in [0.3, 0.4) is 0 Å². The van der Waals surface area contributed by atoms with Gasteiger partial charge in [-0.1, -0.05) is 19.9 Å². The highest BCUT2D eigenvalue weighted by molar-refractivity contribution is 6.08. The van der Waals surface area contributed by atoms with Crippen LogP contribution in [0.1, 0.15) is 25.8 Å². The van der Waals surface area contributed by atoms with Gasteiger partial charge >= 0.3 is 0 Å². The lowest BCUT2D eigenvalue weighted by Gasteiger charge is -2.07. The maximum Gasteiger partial charge on any atom is 0.241 e. The zero-order chi connectivity index (χ0) is 20.4. The summed E-state index contributed by atoms with van der Waals surface area (Å²) >= 11 is 0. The Labute approximate surface area is 168 Å². The molecule has 1 N–H and O–H groups in total. The fourth-order valence-electron chi connectivity index (χ4n) is 3.51. The topological polar surface area (TPSA) is 59.8 Å². The number of fused-ring (bicyclic) bond motifs is 3. The first-order chi connectivity index (χ1) is 14.1. The van der Waals surface area contributed by atoms with Gasteiger partial charge in [0.15, 0.2) is 0 Å². The molecule has 2 heterocycles. The van der Waals surface area contributed by atoms with Gasteiger partial charge < -0.3 is 5.32 Å². The van der Waals surface area contributed by atoms with Crippen molar-refractivity contribution in [1.82, 2.24) is 20.1 Å². The Morgan fingerprint density at radius 3 is 2.62 bits per heavy atom. The van der Waals surface area contributed by atoms with Crippen molar-refractivity contribution in [2.75, 3.05) is 6.54 Å². The number of aromatic nitrogens is 3. The van der Waals surface area contributed by atoms with Crippen LogP contribution in [0.5, 0.6) is 0 Å². The molecule has 0 aliphatic heterocycles. The van der Waals surface area contributed by atoms with E-state index in [1.807, 2.05) is 13.0 Å². The first kappa shape index (κ1) is 19.1. The Balaban J connectivity index is 1.94. The van der Waals surface area contributed by atoms with Crippen molar-refractivity contribution in [1.29, 1.82) is 0 Å². The van der Waals surface area contributed by atoms with Gasteiger partial charge in [0.2, 0.25) is 5.91 Å². The Kier molecular flexibility index (Phi) is 5.25. The summed E-state index contributed by atoms with van der Waals surface area (Å²) in [6.07, 6.45) is 3.57. The monoisotopic (exact) mass is 390 g/mol.